The van der Waals surface area contributed by atoms with Crippen molar-refractivity contribution in [2.45, 2.75) is 13.0 Å². The molecule has 0 spiro atoms. The molecule has 0 aliphatic carbocycles. The summed E-state index contributed by atoms with van der Waals surface area (Å²) < 4.78 is 10.6. The van der Waals surface area contributed by atoms with Crippen LogP contribution < -0.4 is 5.32 Å². The fourth-order valence-electron chi connectivity index (χ4n) is 2.53. The molecule has 1 fully saturated rings. The standard InChI is InChI=1S/C16H20N4O3/c1-20(10-12-5-7-22-11-12)16(21)18-9-13-8-15(19-23-13)14-4-2-3-6-17-14/h2-4,6,8,12H,5,7,9-11H2,1H3,(H,18,21). The minimum Gasteiger partial charge on any atom is -0.381 e. The van der Waals surface area contributed by atoms with E-state index in [4.69, 9.17) is 9.26 Å². The number of rotatable bonds is 5. The highest BCUT2D eigenvalue weighted by molar-refractivity contribution is 5.73. The number of carbonyl (C=O) groups excluding carboxylic acids is 1. The molecule has 0 bridgehead atoms. The zero-order valence-electron chi connectivity index (χ0n) is 13.1. The van der Waals surface area contributed by atoms with Crippen LogP contribution in [0.1, 0.15) is 12.2 Å². The van der Waals surface area contributed by atoms with Crippen LogP contribution in [-0.4, -0.2) is 47.9 Å². The van der Waals surface area contributed by atoms with Crippen molar-refractivity contribution in [3.8, 4) is 11.4 Å². The number of aromatic nitrogens is 2. The first-order chi connectivity index (χ1) is 11.2. The van der Waals surface area contributed by atoms with Crippen molar-refractivity contribution in [1.29, 1.82) is 0 Å². The number of pyridine rings is 1. The van der Waals surface area contributed by atoms with E-state index < -0.39 is 0 Å². The Kier molecular flexibility index (Phi) is 4.87. The van der Waals surface area contributed by atoms with Crippen molar-refractivity contribution in [2.75, 3.05) is 26.8 Å². The highest BCUT2D eigenvalue weighted by Gasteiger charge is 2.20. The van der Waals surface area contributed by atoms with Crippen molar-refractivity contribution >= 4 is 6.03 Å². The number of hydrogen-bond acceptors (Lipinski definition) is 5. The molecule has 1 aliphatic heterocycles. The molecule has 1 aliphatic rings. The Balaban J connectivity index is 1.50. The average Bonchev–Trinajstić information content (AvgIpc) is 3.25. The van der Waals surface area contributed by atoms with E-state index in [2.05, 4.69) is 15.5 Å². The lowest BCUT2D eigenvalue weighted by molar-refractivity contribution is 0.171. The Morgan fingerprint density at radius 2 is 2.35 bits per heavy atom. The van der Waals surface area contributed by atoms with Crippen LogP contribution in [0.3, 0.4) is 0 Å². The fraction of sp³-hybridized carbons (Fsp3) is 0.438. The Labute approximate surface area is 134 Å². The summed E-state index contributed by atoms with van der Waals surface area (Å²) in [7, 11) is 1.79. The lowest BCUT2D eigenvalue weighted by Gasteiger charge is -2.20. The second-order valence-electron chi connectivity index (χ2n) is 5.66. The Hall–Kier alpha value is -2.41. The lowest BCUT2D eigenvalue weighted by atomic mass is 10.1. The number of urea groups is 1. The molecule has 3 heterocycles. The van der Waals surface area contributed by atoms with Crippen LogP contribution in [0.4, 0.5) is 4.79 Å². The van der Waals surface area contributed by atoms with E-state index in [1.54, 1.807) is 24.2 Å². The maximum atomic E-state index is 12.1. The molecule has 23 heavy (non-hydrogen) atoms. The van der Waals surface area contributed by atoms with Crippen LogP contribution in [0.15, 0.2) is 35.0 Å². The van der Waals surface area contributed by atoms with Gasteiger partial charge in [-0.1, -0.05) is 11.2 Å². The van der Waals surface area contributed by atoms with Gasteiger partial charge in [-0.05, 0) is 18.6 Å². The summed E-state index contributed by atoms with van der Waals surface area (Å²) >= 11 is 0. The lowest BCUT2D eigenvalue weighted by Crippen LogP contribution is -2.39. The van der Waals surface area contributed by atoms with Crippen LogP contribution >= 0.6 is 0 Å². The van der Waals surface area contributed by atoms with Gasteiger partial charge in [-0.3, -0.25) is 4.98 Å². The third kappa shape index (κ3) is 4.07. The van der Waals surface area contributed by atoms with Gasteiger partial charge >= 0.3 is 6.03 Å². The number of nitrogens with zero attached hydrogens (tertiary/aromatic N) is 3. The predicted molar refractivity (Wildman–Crippen MR) is 83.5 cm³/mol. The molecule has 1 N–H and O–H groups in total. The first kappa shape index (κ1) is 15.5. The first-order valence-electron chi connectivity index (χ1n) is 7.66. The Bertz CT molecular complexity index is 638. The summed E-state index contributed by atoms with van der Waals surface area (Å²) in [6.07, 6.45) is 2.71. The average molecular weight is 316 g/mol. The summed E-state index contributed by atoms with van der Waals surface area (Å²) in [5.74, 6) is 1.02. The molecular weight excluding hydrogens is 296 g/mol. The quantitative estimate of drug-likeness (QED) is 0.911. The maximum absolute atomic E-state index is 12.1. The molecule has 2 amide bonds. The minimum absolute atomic E-state index is 0.132. The SMILES string of the molecule is CN(CC1CCOC1)C(=O)NCc1cc(-c2ccccn2)no1. The Morgan fingerprint density at radius 1 is 1.43 bits per heavy atom. The van der Waals surface area contributed by atoms with Crippen molar-refractivity contribution in [3.63, 3.8) is 0 Å². The van der Waals surface area contributed by atoms with E-state index in [0.717, 1.165) is 25.3 Å². The molecule has 122 valence electrons. The normalized spacial score (nSPS) is 17.2. The predicted octanol–water partition coefficient (Wildman–Crippen LogP) is 1.91. The van der Waals surface area contributed by atoms with E-state index >= 15 is 0 Å². The summed E-state index contributed by atoms with van der Waals surface area (Å²) in [5.41, 5.74) is 1.40. The highest BCUT2D eigenvalue weighted by Crippen LogP contribution is 2.16. The van der Waals surface area contributed by atoms with E-state index in [-0.39, 0.29) is 6.03 Å². The number of hydrogen-bond donors (Lipinski definition) is 1. The van der Waals surface area contributed by atoms with Crippen LogP contribution in [0.25, 0.3) is 11.4 Å². The van der Waals surface area contributed by atoms with Crippen molar-refractivity contribution in [2.24, 2.45) is 5.92 Å². The monoisotopic (exact) mass is 316 g/mol. The van der Waals surface area contributed by atoms with Gasteiger partial charge in [0.15, 0.2) is 5.76 Å². The second kappa shape index (κ2) is 7.23. The topological polar surface area (TPSA) is 80.5 Å². The number of nitrogens with one attached hydrogen (secondary N) is 1. The zero-order chi connectivity index (χ0) is 16.1. The highest BCUT2D eigenvalue weighted by atomic mass is 16.5. The van der Waals surface area contributed by atoms with Crippen molar-refractivity contribution < 1.29 is 14.1 Å². The second-order valence-corrected chi connectivity index (χ2v) is 5.66. The molecule has 2 aromatic heterocycles. The van der Waals surface area contributed by atoms with Gasteiger partial charge in [-0.25, -0.2) is 4.79 Å². The van der Waals surface area contributed by atoms with E-state index in [9.17, 15) is 4.79 Å². The van der Waals surface area contributed by atoms with Crippen molar-refractivity contribution in [3.05, 3.63) is 36.2 Å². The summed E-state index contributed by atoms with van der Waals surface area (Å²) in [6.45, 7) is 2.51. The first-order valence-corrected chi connectivity index (χ1v) is 7.66. The van der Waals surface area contributed by atoms with Gasteiger partial charge in [0.1, 0.15) is 5.69 Å². The van der Waals surface area contributed by atoms with Gasteiger partial charge in [-0.15, -0.1) is 0 Å². The zero-order valence-corrected chi connectivity index (χ0v) is 13.1. The van der Waals surface area contributed by atoms with E-state index in [1.807, 2.05) is 18.2 Å². The molecule has 7 heteroatoms. The number of carbonyl (C=O) groups is 1. The third-order valence-electron chi connectivity index (χ3n) is 3.80. The fourth-order valence-corrected chi connectivity index (χ4v) is 2.53. The number of amides is 2. The molecule has 1 atom stereocenters. The molecule has 0 radical (unpaired) electrons. The van der Waals surface area contributed by atoms with Gasteiger partial charge in [-0.2, -0.15) is 0 Å². The smallest absolute Gasteiger partial charge is 0.317 e. The molecule has 0 saturated carbocycles. The van der Waals surface area contributed by atoms with Crippen LogP contribution in [0, 0.1) is 5.92 Å². The van der Waals surface area contributed by atoms with E-state index in [0.29, 0.717) is 30.5 Å². The van der Waals surface area contributed by atoms with Crippen molar-refractivity contribution in [1.82, 2.24) is 20.4 Å². The summed E-state index contributed by atoms with van der Waals surface area (Å²) in [5, 5.41) is 6.80. The largest absolute Gasteiger partial charge is 0.381 e. The molecule has 2 aromatic rings. The Morgan fingerprint density at radius 3 is 3.09 bits per heavy atom. The van der Waals surface area contributed by atoms with Gasteiger partial charge in [0, 0.05) is 38.4 Å². The molecule has 3 rings (SSSR count). The molecule has 1 unspecified atom stereocenters. The van der Waals surface area contributed by atoms with Crippen LogP contribution in [-0.2, 0) is 11.3 Å². The van der Waals surface area contributed by atoms with Crippen LogP contribution in [0.2, 0.25) is 0 Å². The number of ether oxygens (including phenoxy) is 1. The van der Waals surface area contributed by atoms with Gasteiger partial charge in [0.2, 0.25) is 0 Å². The third-order valence-corrected chi connectivity index (χ3v) is 3.80. The van der Waals surface area contributed by atoms with Crippen LogP contribution in [0.5, 0.6) is 0 Å². The molecule has 7 nitrogen and oxygen atoms in total. The molecule has 0 aromatic carbocycles. The summed E-state index contributed by atoms with van der Waals surface area (Å²) in [6, 6.07) is 7.24. The molecule has 1 saturated heterocycles. The van der Waals surface area contributed by atoms with E-state index in [1.165, 1.54) is 0 Å². The van der Waals surface area contributed by atoms with Gasteiger partial charge in [0.05, 0.1) is 18.8 Å². The van der Waals surface area contributed by atoms with Gasteiger partial charge < -0.3 is 19.5 Å². The van der Waals surface area contributed by atoms with Gasteiger partial charge in [0.25, 0.3) is 0 Å². The molecular formula is C16H20N4O3. The summed E-state index contributed by atoms with van der Waals surface area (Å²) in [4.78, 5) is 18.0. The minimum atomic E-state index is -0.132. The maximum Gasteiger partial charge on any atom is 0.317 e.